The Bertz CT molecular complexity index is 285. The van der Waals surface area contributed by atoms with Crippen LogP contribution in [0, 0.1) is 0 Å². The van der Waals surface area contributed by atoms with E-state index in [1.165, 1.54) is 0 Å². The summed E-state index contributed by atoms with van der Waals surface area (Å²) in [5.74, 6) is 0.0941. The number of amides is 1. The number of carbonyl (C=O) groups is 1. The molecule has 0 saturated heterocycles. The minimum absolute atomic E-state index is 0.0941. The molecule has 0 aliphatic carbocycles. The molecule has 0 saturated carbocycles. The molecular formula is C10H17N3OS. The highest BCUT2D eigenvalue weighted by Gasteiger charge is 2.02. The van der Waals surface area contributed by atoms with E-state index in [9.17, 15) is 4.79 Å². The fraction of sp³-hybridized carbons (Fsp3) is 0.600. The molecule has 1 aromatic heterocycles. The predicted octanol–water partition coefficient (Wildman–Crippen LogP) is 1.15. The van der Waals surface area contributed by atoms with Crippen molar-refractivity contribution in [2.24, 2.45) is 0 Å². The molecule has 84 valence electrons. The minimum Gasteiger partial charge on any atom is -0.354 e. The van der Waals surface area contributed by atoms with E-state index in [1.54, 1.807) is 17.5 Å². The highest BCUT2D eigenvalue weighted by molar-refractivity contribution is 7.09. The fourth-order valence-corrected chi connectivity index (χ4v) is 1.72. The maximum Gasteiger partial charge on any atom is 0.221 e. The van der Waals surface area contributed by atoms with Gasteiger partial charge in [0.25, 0.3) is 0 Å². The summed E-state index contributed by atoms with van der Waals surface area (Å²) < 4.78 is 0. The molecule has 0 bridgehead atoms. The van der Waals surface area contributed by atoms with Crippen LogP contribution in [0.25, 0.3) is 0 Å². The lowest BCUT2D eigenvalue weighted by Crippen LogP contribution is -2.32. The van der Waals surface area contributed by atoms with Crippen LogP contribution in [0.5, 0.6) is 0 Å². The molecular weight excluding hydrogens is 210 g/mol. The lowest BCUT2D eigenvalue weighted by Gasteiger charge is -2.08. The van der Waals surface area contributed by atoms with Gasteiger partial charge >= 0.3 is 0 Å². The van der Waals surface area contributed by atoms with Gasteiger partial charge in [0.15, 0.2) is 0 Å². The van der Waals surface area contributed by atoms with E-state index in [4.69, 9.17) is 0 Å². The van der Waals surface area contributed by atoms with Crippen LogP contribution < -0.4 is 10.6 Å². The molecule has 1 heterocycles. The first-order valence-electron chi connectivity index (χ1n) is 5.07. The summed E-state index contributed by atoms with van der Waals surface area (Å²) >= 11 is 1.62. The molecule has 1 aromatic rings. The van der Waals surface area contributed by atoms with Gasteiger partial charge in [0.2, 0.25) is 5.91 Å². The van der Waals surface area contributed by atoms with Crippen LogP contribution in [-0.2, 0) is 11.3 Å². The summed E-state index contributed by atoms with van der Waals surface area (Å²) in [5, 5.41) is 9.03. The zero-order valence-corrected chi connectivity index (χ0v) is 9.93. The van der Waals surface area contributed by atoms with Crippen LogP contribution in [0.15, 0.2) is 11.6 Å². The first kappa shape index (κ1) is 12.1. The number of carbonyl (C=O) groups excluding carboxylic acids is 1. The van der Waals surface area contributed by atoms with E-state index in [-0.39, 0.29) is 11.9 Å². The summed E-state index contributed by atoms with van der Waals surface area (Å²) in [5.41, 5.74) is 0. The quantitative estimate of drug-likeness (QED) is 0.717. The first-order valence-corrected chi connectivity index (χ1v) is 5.95. The number of thiazole rings is 1. The summed E-state index contributed by atoms with van der Waals surface area (Å²) in [6, 6.07) is 0.219. The maximum absolute atomic E-state index is 11.3. The molecule has 0 unspecified atom stereocenters. The highest BCUT2D eigenvalue weighted by Crippen LogP contribution is 2.02. The van der Waals surface area contributed by atoms with Crippen molar-refractivity contribution in [1.29, 1.82) is 0 Å². The van der Waals surface area contributed by atoms with Crippen LogP contribution >= 0.6 is 11.3 Å². The second kappa shape index (κ2) is 6.53. The molecule has 1 amide bonds. The van der Waals surface area contributed by atoms with Gasteiger partial charge in [-0.15, -0.1) is 11.3 Å². The topological polar surface area (TPSA) is 54.0 Å². The average Bonchev–Trinajstić information content (AvgIpc) is 2.63. The van der Waals surface area contributed by atoms with Crippen molar-refractivity contribution in [3.63, 3.8) is 0 Å². The molecule has 1 rings (SSSR count). The number of aromatic nitrogens is 1. The largest absolute Gasteiger partial charge is 0.354 e. The third kappa shape index (κ3) is 5.49. The van der Waals surface area contributed by atoms with Crippen molar-refractivity contribution in [3.8, 4) is 0 Å². The normalized spacial score (nSPS) is 10.6. The van der Waals surface area contributed by atoms with E-state index in [2.05, 4.69) is 15.6 Å². The minimum atomic E-state index is 0.0941. The molecule has 0 atom stereocenters. The molecule has 2 N–H and O–H groups in total. The van der Waals surface area contributed by atoms with E-state index in [0.29, 0.717) is 13.0 Å². The number of nitrogens with zero attached hydrogens (tertiary/aromatic N) is 1. The lowest BCUT2D eigenvalue weighted by molar-refractivity contribution is -0.121. The molecule has 0 spiro atoms. The molecule has 5 heteroatoms. The van der Waals surface area contributed by atoms with Crippen LogP contribution in [0.3, 0.4) is 0 Å². The lowest BCUT2D eigenvalue weighted by atomic mass is 10.3. The van der Waals surface area contributed by atoms with Crippen LogP contribution in [0.1, 0.15) is 25.3 Å². The molecule has 0 aliphatic heterocycles. The first-order chi connectivity index (χ1) is 7.18. The van der Waals surface area contributed by atoms with E-state index in [0.717, 1.165) is 11.6 Å². The predicted molar refractivity (Wildman–Crippen MR) is 61.7 cm³/mol. The maximum atomic E-state index is 11.3. The third-order valence-corrected chi connectivity index (χ3v) is 2.52. The van der Waals surface area contributed by atoms with Gasteiger partial charge in [-0.3, -0.25) is 4.79 Å². The van der Waals surface area contributed by atoms with Crippen molar-refractivity contribution < 1.29 is 4.79 Å². The Labute approximate surface area is 94.1 Å². The summed E-state index contributed by atoms with van der Waals surface area (Å²) in [6.07, 6.45) is 2.30. The Morgan fingerprint density at radius 1 is 1.60 bits per heavy atom. The Hall–Kier alpha value is -0.940. The van der Waals surface area contributed by atoms with Crippen molar-refractivity contribution in [3.05, 3.63) is 16.6 Å². The Morgan fingerprint density at radius 2 is 2.40 bits per heavy atom. The van der Waals surface area contributed by atoms with Gasteiger partial charge in [0, 0.05) is 37.1 Å². The molecule has 0 fully saturated rings. The molecule has 4 nitrogen and oxygen atoms in total. The van der Waals surface area contributed by atoms with E-state index >= 15 is 0 Å². The number of hydrogen-bond acceptors (Lipinski definition) is 4. The Balaban J connectivity index is 2.04. The second-order valence-electron chi connectivity index (χ2n) is 3.57. The van der Waals surface area contributed by atoms with Crippen molar-refractivity contribution >= 4 is 17.2 Å². The van der Waals surface area contributed by atoms with Gasteiger partial charge in [-0.25, -0.2) is 4.98 Å². The molecule has 0 aliphatic rings. The van der Waals surface area contributed by atoms with Gasteiger partial charge in [-0.1, -0.05) is 0 Å². The number of nitrogens with one attached hydrogen (secondary N) is 2. The molecule has 15 heavy (non-hydrogen) atoms. The van der Waals surface area contributed by atoms with Gasteiger partial charge in [-0.2, -0.15) is 0 Å². The van der Waals surface area contributed by atoms with Crippen LogP contribution in [0.4, 0.5) is 0 Å². The Morgan fingerprint density at radius 3 is 3.00 bits per heavy atom. The SMILES string of the molecule is CC(C)NC(=O)CCNCc1nccs1. The smallest absolute Gasteiger partial charge is 0.221 e. The zero-order chi connectivity index (χ0) is 11.1. The molecule has 0 radical (unpaired) electrons. The molecule has 0 aromatic carbocycles. The Kier molecular flexibility index (Phi) is 5.28. The van der Waals surface area contributed by atoms with Crippen molar-refractivity contribution in [2.75, 3.05) is 6.54 Å². The van der Waals surface area contributed by atoms with Crippen LogP contribution in [0.2, 0.25) is 0 Å². The second-order valence-corrected chi connectivity index (χ2v) is 4.55. The van der Waals surface area contributed by atoms with E-state index in [1.807, 2.05) is 19.2 Å². The third-order valence-electron chi connectivity index (χ3n) is 1.74. The van der Waals surface area contributed by atoms with Gasteiger partial charge in [0.05, 0.1) is 0 Å². The van der Waals surface area contributed by atoms with Gasteiger partial charge in [-0.05, 0) is 13.8 Å². The summed E-state index contributed by atoms with van der Waals surface area (Å²) in [6.45, 7) is 5.35. The standard InChI is InChI=1S/C10H17N3OS/c1-8(2)13-9(14)3-4-11-7-10-12-5-6-15-10/h5-6,8,11H,3-4,7H2,1-2H3,(H,13,14). The average molecular weight is 227 g/mol. The fourth-order valence-electron chi connectivity index (χ4n) is 1.13. The van der Waals surface area contributed by atoms with Gasteiger partial charge < -0.3 is 10.6 Å². The van der Waals surface area contributed by atoms with Crippen molar-refractivity contribution in [1.82, 2.24) is 15.6 Å². The van der Waals surface area contributed by atoms with Crippen molar-refractivity contribution in [2.45, 2.75) is 32.9 Å². The zero-order valence-electron chi connectivity index (χ0n) is 9.12. The summed E-state index contributed by atoms with van der Waals surface area (Å²) in [7, 11) is 0. The van der Waals surface area contributed by atoms with E-state index < -0.39 is 0 Å². The van der Waals surface area contributed by atoms with Gasteiger partial charge in [0.1, 0.15) is 5.01 Å². The highest BCUT2D eigenvalue weighted by atomic mass is 32.1. The van der Waals surface area contributed by atoms with Crippen LogP contribution in [-0.4, -0.2) is 23.5 Å². The number of hydrogen-bond donors (Lipinski definition) is 2. The summed E-state index contributed by atoms with van der Waals surface area (Å²) in [4.78, 5) is 15.4. The number of rotatable bonds is 6. The monoisotopic (exact) mass is 227 g/mol.